The second-order valence-corrected chi connectivity index (χ2v) is 8.59. The van der Waals surface area contributed by atoms with Crippen molar-refractivity contribution in [2.75, 3.05) is 37.9 Å². The van der Waals surface area contributed by atoms with Crippen LogP contribution in [0.25, 0.3) is 10.6 Å². The molecule has 4 heterocycles. The van der Waals surface area contributed by atoms with Crippen LogP contribution in [-0.4, -0.2) is 75.8 Å². The second-order valence-electron chi connectivity index (χ2n) is 6.31. The molecule has 2 amide bonds. The van der Waals surface area contributed by atoms with Gasteiger partial charge < -0.3 is 14.5 Å². The zero-order valence-electron chi connectivity index (χ0n) is 14.4. The van der Waals surface area contributed by atoms with E-state index in [9.17, 15) is 9.59 Å². The van der Waals surface area contributed by atoms with Gasteiger partial charge in [-0.1, -0.05) is 0 Å². The molecule has 0 aromatic carbocycles. The monoisotopic (exact) mass is 392 g/mol. The molecule has 2 saturated heterocycles. The smallest absolute Gasteiger partial charge is 0.275 e. The molecule has 2 aliphatic heterocycles. The van der Waals surface area contributed by atoms with Gasteiger partial charge in [-0.25, -0.2) is 0 Å². The molecule has 138 valence electrons. The number of thiophene rings is 1. The van der Waals surface area contributed by atoms with Crippen LogP contribution in [0.15, 0.2) is 18.2 Å². The topological polar surface area (TPSA) is 78.5 Å². The number of aryl methyl sites for hydroxylation is 1. The fourth-order valence-electron chi connectivity index (χ4n) is 3.13. The molecule has 2 aliphatic rings. The predicted molar refractivity (Wildman–Crippen MR) is 101 cm³/mol. The van der Waals surface area contributed by atoms with Gasteiger partial charge in [-0.2, -0.15) is 5.10 Å². The molecule has 4 rings (SSSR count). The molecule has 1 atom stereocenters. The van der Waals surface area contributed by atoms with Crippen LogP contribution in [0.2, 0.25) is 0 Å². The summed E-state index contributed by atoms with van der Waals surface area (Å²) in [7, 11) is 0. The Morgan fingerprint density at radius 3 is 2.85 bits per heavy atom. The highest BCUT2D eigenvalue weighted by Crippen LogP contribution is 2.28. The van der Waals surface area contributed by atoms with Crippen molar-refractivity contribution >= 4 is 34.9 Å². The molecule has 0 unspecified atom stereocenters. The van der Waals surface area contributed by atoms with Crippen LogP contribution in [-0.2, 0) is 9.53 Å². The average Bonchev–Trinajstić information content (AvgIpc) is 3.41. The summed E-state index contributed by atoms with van der Waals surface area (Å²) >= 11 is 3.25. The van der Waals surface area contributed by atoms with Crippen molar-refractivity contribution in [1.82, 2.24) is 20.0 Å². The van der Waals surface area contributed by atoms with Crippen molar-refractivity contribution < 1.29 is 14.3 Å². The van der Waals surface area contributed by atoms with Gasteiger partial charge in [0.15, 0.2) is 5.69 Å². The summed E-state index contributed by atoms with van der Waals surface area (Å²) in [6.07, 6.45) is 0. The molecule has 0 aliphatic carbocycles. The molecule has 0 bridgehead atoms. The number of amides is 2. The van der Waals surface area contributed by atoms with E-state index in [-0.39, 0.29) is 11.8 Å². The van der Waals surface area contributed by atoms with Crippen LogP contribution in [0.5, 0.6) is 0 Å². The number of morpholine rings is 1. The standard InChI is InChI=1S/C17H20N4O3S2/c1-11-2-3-15(26-11)12-8-13(19-18-12)16(22)21-10-25-9-14(21)17(23)20-4-6-24-7-5-20/h2-3,8,14H,4-7,9-10H2,1H3,(H,18,19)/t14-/m0/s1. The SMILES string of the molecule is Cc1ccc(-c2cc(C(=O)N3CSC[C@H]3C(=O)N3CCOCC3)n[nH]2)s1. The van der Waals surface area contributed by atoms with Gasteiger partial charge in [0.05, 0.1) is 29.7 Å². The van der Waals surface area contributed by atoms with E-state index in [1.807, 2.05) is 19.1 Å². The molecule has 0 saturated carbocycles. The number of hydrogen-bond donors (Lipinski definition) is 1. The van der Waals surface area contributed by atoms with Crippen molar-refractivity contribution in [3.05, 3.63) is 28.8 Å². The summed E-state index contributed by atoms with van der Waals surface area (Å²) < 4.78 is 5.31. The van der Waals surface area contributed by atoms with E-state index in [0.29, 0.717) is 43.6 Å². The first-order chi connectivity index (χ1) is 12.6. The number of carbonyl (C=O) groups is 2. The maximum Gasteiger partial charge on any atom is 0.275 e. The largest absolute Gasteiger partial charge is 0.378 e. The molecule has 0 radical (unpaired) electrons. The molecule has 2 fully saturated rings. The maximum atomic E-state index is 12.9. The van der Waals surface area contributed by atoms with Gasteiger partial charge in [0.25, 0.3) is 5.91 Å². The number of aromatic nitrogens is 2. The Kier molecular flexibility index (Phi) is 5.01. The van der Waals surface area contributed by atoms with E-state index in [4.69, 9.17) is 4.74 Å². The molecule has 2 aromatic heterocycles. The van der Waals surface area contributed by atoms with E-state index in [2.05, 4.69) is 10.2 Å². The quantitative estimate of drug-likeness (QED) is 0.862. The first kappa shape index (κ1) is 17.6. The van der Waals surface area contributed by atoms with Gasteiger partial charge in [-0.3, -0.25) is 14.7 Å². The Labute approximate surface area is 159 Å². The van der Waals surface area contributed by atoms with E-state index >= 15 is 0 Å². The van der Waals surface area contributed by atoms with Gasteiger partial charge in [-0.05, 0) is 25.1 Å². The Hall–Kier alpha value is -1.84. The Morgan fingerprint density at radius 1 is 1.31 bits per heavy atom. The molecule has 26 heavy (non-hydrogen) atoms. The third kappa shape index (κ3) is 3.38. The Bertz CT molecular complexity index is 813. The number of nitrogens with zero attached hydrogens (tertiary/aromatic N) is 3. The lowest BCUT2D eigenvalue weighted by atomic mass is 10.2. The second kappa shape index (κ2) is 7.42. The summed E-state index contributed by atoms with van der Waals surface area (Å²) in [6.45, 7) is 4.34. The van der Waals surface area contributed by atoms with Crippen LogP contribution in [0.1, 0.15) is 15.4 Å². The molecule has 2 aromatic rings. The van der Waals surface area contributed by atoms with Crippen LogP contribution >= 0.6 is 23.1 Å². The number of ether oxygens (including phenoxy) is 1. The molecular weight excluding hydrogens is 372 g/mol. The summed E-state index contributed by atoms with van der Waals surface area (Å²) in [4.78, 5) is 31.4. The lowest BCUT2D eigenvalue weighted by Gasteiger charge is -2.31. The Balaban J connectivity index is 1.50. The molecule has 9 heteroatoms. The van der Waals surface area contributed by atoms with Crippen LogP contribution < -0.4 is 0 Å². The van der Waals surface area contributed by atoms with Crippen molar-refractivity contribution in [2.24, 2.45) is 0 Å². The minimum absolute atomic E-state index is 0.0105. The summed E-state index contributed by atoms with van der Waals surface area (Å²) in [5, 5.41) is 7.13. The highest BCUT2D eigenvalue weighted by Gasteiger charge is 2.38. The van der Waals surface area contributed by atoms with Crippen LogP contribution in [0, 0.1) is 6.92 Å². The number of hydrogen-bond acceptors (Lipinski definition) is 6. The number of nitrogens with one attached hydrogen (secondary N) is 1. The van der Waals surface area contributed by atoms with E-state index < -0.39 is 6.04 Å². The van der Waals surface area contributed by atoms with Gasteiger partial charge in [0.1, 0.15) is 6.04 Å². The predicted octanol–water partition coefficient (Wildman–Crippen LogP) is 1.82. The first-order valence-corrected chi connectivity index (χ1v) is 10.5. The van der Waals surface area contributed by atoms with Crippen LogP contribution in [0.4, 0.5) is 0 Å². The van der Waals surface area contributed by atoms with E-state index in [1.165, 1.54) is 4.88 Å². The highest BCUT2D eigenvalue weighted by molar-refractivity contribution is 7.99. The third-order valence-corrected chi connectivity index (χ3v) is 6.60. The maximum absolute atomic E-state index is 12.9. The van der Waals surface area contributed by atoms with E-state index in [1.54, 1.807) is 39.0 Å². The van der Waals surface area contributed by atoms with Gasteiger partial charge >= 0.3 is 0 Å². The first-order valence-electron chi connectivity index (χ1n) is 8.51. The number of rotatable bonds is 3. The molecular formula is C17H20N4O3S2. The Morgan fingerprint density at radius 2 is 2.12 bits per heavy atom. The third-order valence-electron chi connectivity index (χ3n) is 4.55. The fraction of sp³-hybridized carbons (Fsp3) is 0.471. The van der Waals surface area contributed by atoms with Gasteiger partial charge in [-0.15, -0.1) is 23.1 Å². The van der Waals surface area contributed by atoms with Crippen molar-refractivity contribution in [2.45, 2.75) is 13.0 Å². The molecule has 0 spiro atoms. The zero-order valence-corrected chi connectivity index (χ0v) is 16.1. The summed E-state index contributed by atoms with van der Waals surface area (Å²) in [6, 6.07) is 5.40. The van der Waals surface area contributed by atoms with Crippen molar-refractivity contribution in [3.63, 3.8) is 0 Å². The van der Waals surface area contributed by atoms with Gasteiger partial charge in [0, 0.05) is 23.7 Å². The van der Waals surface area contributed by atoms with E-state index in [0.717, 1.165) is 10.6 Å². The summed E-state index contributed by atoms with van der Waals surface area (Å²) in [5.74, 6) is 0.956. The zero-order chi connectivity index (χ0) is 18.1. The minimum atomic E-state index is -0.422. The average molecular weight is 393 g/mol. The van der Waals surface area contributed by atoms with Crippen molar-refractivity contribution in [1.29, 1.82) is 0 Å². The highest BCUT2D eigenvalue weighted by atomic mass is 32.2. The number of aromatic amines is 1. The summed E-state index contributed by atoms with van der Waals surface area (Å²) in [5.41, 5.74) is 1.18. The number of carbonyl (C=O) groups excluding carboxylic acids is 2. The lowest BCUT2D eigenvalue weighted by Crippen LogP contribution is -2.52. The van der Waals surface area contributed by atoms with Crippen LogP contribution in [0.3, 0.4) is 0 Å². The fourth-order valence-corrected chi connectivity index (χ4v) is 5.10. The molecule has 1 N–H and O–H groups in total. The molecule has 7 nitrogen and oxygen atoms in total. The number of thioether (sulfide) groups is 1. The van der Waals surface area contributed by atoms with Crippen molar-refractivity contribution in [3.8, 4) is 10.6 Å². The van der Waals surface area contributed by atoms with Gasteiger partial charge in [0.2, 0.25) is 5.91 Å². The lowest BCUT2D eigenvalue weighted by molar-refractivity contribution is -0.138. The minimum Gasteiger partial charge on any atom is -0.378 e. The number of H-pyrrole nitrogens is 1. The normalized spacial score (nSPS) is 20.6.